The smallest absolute Gasteiger partial charge is 0.129 e. The molecule has 0 radical (unpaired) electrons. The van der Waals surface area contributed by atoms with Crippen molar-refractivity contribution >= 4 is 5.69 Å². The summed E-state index contributed by atoms with van der Waals surface area (Å²) >= 11 is 0. The van der Waals surface area contributed by atoms with Crippen LogP contribution in [-0.4, -0.2) is 18.6 Å². The summed E-state index contributed by atoms with van der Waals surface area (Å²) in [5.41, 5.74) is 3.25. The van der Waals surface area contributed by atoms with E-state index in [1.807, 2.05) is 6.92 Å². The quantitative estimate of drug-likeness (QED) is 0.894. The topological polar surface area (TPSA) is 15.3 Å². The van der Waals surface area contributed by atoms with Crippen molar-refractivity contribution < 1.29 is 4.39 Å². The maximum absolute atomic E-state index is 14.3. The second-order valence-electron chi connectivity index (χ2n) is 6.44. The van der Waals surface area contributed by atoms with E-state index in [2.05, 4.69) is 44.0 Å². The van der Waals surface area contributed by atoms with Crippen molar-refractivity contribution in [1.29, 1.82) is 0 Å². The van der Waals surface area contributed by atoms with Gasteiger partial charge in [-0.3, -0.25) is 0 Å². The first-order valence-electron chi connectivity index (χ1n) is 7.71. The molecule has 0 aliphatic carbocycles. The van der Waals surface area contributed by atoms with Crippen LogP contribution in [-0.2, 0) is 6.54 Å². The zero-order valence-corrected chi connectivity index (χ0v) is 13.4. The summed E-state index contributed by atoms with van der Waals surface area (Å²) in [6.07, 6.45) is 1.11. The van der Waals surface area contributed by atoms with Crippen molar-refractivity contribution in [3.63, 3.8) is 0 Å². The van der Waals surface area contributed by atoms with E-state index in [1.165, 1.54) is 5.56 Å². The van der Waals surface area contributed by atoms with Gasteiger partial charge in [-0.1, -0.05) is 13.8 Å². The molecule has 0 saturated carbocycles. The Labute approximate surface area is 122 Å². The first-order chi connectivity index (χ1) is 9.40. The summed E-state index contributed by atoms with van der Waals surface area (Å²) in [7, 11) is 0. The van der Waals surface area contributed by atoms with Crippen LogP contribution < -0.4 is 10.2 Å². The zero-order chi connectivity index (χ0) is 14.9. The van der Waals surface area contributed by atoms with Gasteiger partial charge in [0, 0.05) is 29.9 Å². The Bertz CT molecular complexity index is 482. The summed E-state index contributed by atoms with van der Waals surface area (Å²) in [4.78, 5) is 2.34. The van der Waals surface area contributed by atoms with Gasteiger partial charge < -0.3 is 10.2 Å². The number of anilines is 1. The van der Waals surface area contributed by atoms with Crippen LogP contribution in [0.15, 0.2) is 12.1 Å². The van der Waals surface area contributed by atoms with E-state index in [9.17, 15) is 4.39 Å². The van der Waals surface area contributed by atoms with Gasteiger partial charge >= 0.3 is 0 Å². The highest BCUT2D eigenvalue weighted by Gasteiger charge is 2.36. The number of nitrogens with zero attached hydrogens (tertiary/aromatic N) is 1. The fourth-order valence-electron chi connectivity index (χ4n) is 3.54. The van der Waals surface area contributed by atoms with Crippen molar-refractivity contribution in [1.82, 2.24) is 5.32 Å². The molecule has 3 heteroatoms. The molecule has 1 unspecified atom stereocenters. The summed E-state index contributed by atoms with van der Waals surface area (Å²) in [6.45, 7) is 13.3. The minimum atomic E-state index is -0.0898. The first-order valence-corrected chi connectivity index (χ1v) is 7.71. The van der Waals surface area contributed by atoms with Crippen LogP contribution in [0.3, 0.4) is 0 Å². The number of nitrogens with one attached hydrogen (secondary N) is 1. The van der Waals surface area contributed by atoms with Gasteiger partial charge in [-0.15, -0.1) is 0 Å². The Morgan fingerprint density at radius 3 is 2.65 bits per heavy atom. The van der Waals surface area contributed by atoms with Gasteiger partial charge in [-0.2, -0.15) is 0 Å². The molecule has 1 aromatic rings. The van der Waals surface area contributed by atoms with Crippen LogP contribution in [0.25, 0.3) is 0 Å². The van der Waals surface area contributed by atoms with E-state index in [4.69, 9.17) is 0 Å². The van der Waals surface area contributed by atoms with Crippen LogP contribution in [0.2, 0.25) is 0 Å². The molecule has 1 atom stereocenters. The van der Waals surface area contributed by atoms with E-state index < -0.39 is 0 Å². The summed E-state index contributed by atoms with van der Waals surface area (Å²) in [5, 5.41) is 3.21. The molecule has 1 aromatic carbocycles. The highest BCUT2D eigenvalue weighted by atomic mass is 19.1. The van der Waals surface area contributed by atoms with E-state index in [0.717, 1.165) is 30.8 Å². The van der Waals surface area contributed by atoms with Crippen LogP contribution in [0, 0.1) is 5.82 Å². The Morgan fingerprint density at radius 2 is 2.05 bits per heavy atom. The van der Waals surface area contributed by atoms with Gasteiger partial charge in [-0.25, -0.2) is 4.39 Å². The van der Waals surface area contributed by atoms with Gasteiger partial charge in [0.2, 0.25) is 0 Å². The molecule has 1 aliphatic heterocycles. The van der Waals surface area contributed by atoms with Crippen molar-refractivity contribution in [2.24, 2.45) is 0 Å². The average Bonchev–Trinajstić information content (AvgIpc) is 2.36. The SMILES string of the molecule is CCNCc1cc2c(cc1F)N(CC)C(C)(C)CC2C. The van der Waals surface area contributed by atoms with Crippen LogP contribution >= 0.6 is 0 Å². The minimum absolute atomic E-state index is 0.0898. The van der Waals surface area contributed by atoms with Crippen LogP contribution in [0.4, 0.5) is 10.1 Å². The summed E-state index contributed by atoms with van der Waals surface area (Å²) in [6, 6.07) is 3.80. The van der Waals surface area contributed by atoms with E-state index in [1.54, 1.807) is 6.07 Å². The monoisotopic (exact) mass is 278 g/mol. The molecule has 0 spiro atoms. The molecule has 0 fully saturated rings. The highest BCUT2D eigenvalue weighted by molar-refractivity contribution is 5.61. The van der Waals surface area contributed by atoms with Crippen LogP contribution in [0.5, 0.6) is 0 Å². The number of hydrogen-bond donors (Lipinski definition) is 1. The molecule has 1 heterocycles. The average molecular weight is 278 g/mol. The number of benzene rings is 1. The van der Waals surface area contributed by atoms with Gasteiger partial charge in [0.25, 0.3) is 0 Å². The molecule has 2 rings (SSSR count). The number of rotatable bonds is 4. The number of halogens is 1. The molecule has 1 N–H and O–H groups in total. The third-order valence-corrected chi connectivity index (χ3v) is 4.44. The third-order valence-electron chi connectivity index (χ3n) is 4.44. The van der Waals surface area contributed by atoms with E-state index in [-0.39, 0.29) is 11.4 Å². The number of fused-ring (bicyclic) bond motifs is 1. The van der Waals surface area contributed by atoms with Gasteiger partial charge in [0.05, 0.1) is 0 Å². The second kappa shape index (κ2) is 5.72. The maximum atomic E-state index is 14.3. The van der Waals surface area contributed by atoms with Gasteiger partial charge in [-0.05, 0) is 57.4 Å². The van der Waals surface area contributed by atoms with Crippen molar-refractivity contribution in [3.8, 4) is 0 Å². The normalized spacial score (nSPS) is 20.9. The van der Waals surface area contributed by atoms with E-state index in [0.29, 0.717) is 12.5 Å². The van der Waals surface area contributed by atoms with Crippen LogP contribution in [0.1, 0.15) is 58.1 Å². The Morgan fingerprint density at radius 1 is 1.35 bits per heavy atom. The third kappa shape index (κ3) is 2.69. The molecular weight excluding hydrogens is 251 g/mol. The minimum Gasteiger partial charge on any atom is -0.366 e. The molecular formula is C17H27FN2. The Balaban J connectivity index is 2.46. The summed E-state index contributed by atoms with van der Waals surface area (Å²) < 4.78 is 14.3. The van der Waals surface area contributed by atoms with E-state index >= 15 is 0 Å². The maximum Gasteiger partial charge on any atom is 0.129 e. The molecule has 2 nitrogen and oxygen atoms in total. The lowest BCUT2D eigenvalue weighted by molar-refractivity contribution is 0.380. The lowest BCUT2D eigenvalue weighted by Gasteiger charge is -2.47. The fourth-order valence-corrected chi connectivity index (χ4v) is 3.54. The molecule has 0 aromatic heterocycles. The molecule has 20 heavy (non-hydrogen) atoms. The lowest BCUT2D eigenvalue weighted by atomic mass is 9.79. The molecule has 1 aliphatic rings. The summed E-state index contributed by atoms with van der Waals surface area (Å²) in [5.74, 6) is 0.386. The zero-order valence-electron chi connectivity index (χ0n) is 13.4. The predicted molar refractivity (Wildman–Crippen MR) is 83.9 cm³/mol. The molecule has 112 valence electrons. The second-order valence-corrected chi connectivity index (χ2v) is 6.44. The van der Waals surface area contributed by atoms with Crippen molar-refractivity contribution in [3.05, 3.63) is 29.1 Å². The highest BCUT2D eigenvalue weighted by Crippen LogP contribution is 2.43. The largest absolute Gasteiger partial charge is 0.366 e. The Kier molecular flexibility index (Phi) is 4.38. The lowest BCUT2D eigenvalue weighted by Crippen LogP contribution is -2.48. The molecule has 0 amide bonds. The standard InChI is InChI=1S/C17H27FN2/c1-6-19-11-13-8-14-12(3)10-17(4,5)20(7-2)16(14)9-15(13)18/h8-9,12,19H,6-7,10-11H2,1-5H3. The Hall–Kier alpha value is -1.09. The predicted octanol–water partition coefficient (Wildman–Crippen LogP) is 4.05. The van der Waals surface area contributed by atoms with Crippen molar-refractivity contribution in [2.45, 2.75) is 59.0 Å². The molecule has 0 saturated heterocycles. The van der Waals surface area contributed by atoms with Gasteiger partial charge in [0.15, 0.2) is 0 Å². The fraction of sp³-hybridized carbons (Fsp3) is 0.647. The van der Waals surface area contributed by atoms with Gasteiger partial charge in [0.1, 0.15) is 5.82 Å². The molecule has 0 bridgehead atoms. The van der Waals surface area contributed by atoms with Crippen molar-refractivity contribution in [2.75, 3.05) is 18.0 Å². The number of hydrogen-bond acceptors (Lipinski definition) is 2. The first kappa shape index (κ1) is 15.3.